The van der Waals surface area contributed by atoms with E-state index in [9.17, 15) is 10.4 Å². The molecule has 0 unspecified atom stereocenters. The molecule has 4 heteroatoms. The Morgan fingerprint density at radius 3 is 2.43 bits per heavy atom. The monoisotopic (exact) mass is 315 g/mol. The molecule has 2 fully saturated rings. The van der Waals surface area contributed by atoms with Gasteiger partial charge >= 0.3 is 0 Å². The molecule has 0 radical (unpaired) electrons. The highest BCUT2D eigenvalue weighted by Gasteiger charge is 2.37. The molecule has 0 saturated heterocycles. The van der Waals surface area contributed by atoms with Gasteiger partial charge in [-0.15, -0.1) is 0 Å². The van der Waals surface area contributed by atoms with Gasteiger partial charge in [0.25, 0.3) is 0 Å². The van der Waals surface area contributed by atoms with E-state index in [1.54, 1.807) is 7.11 Å². The Labute approximate surface area is 138 Å². The standard InChI is InChI=1S/C19H25NO3/c1-22-17-7-6-14(12-18(17)23-16-4-2-3-5-16)19(13-20)10-8-15(21)9-11-19/h6-7,12,15-16,21H,2-5,8-11H2,1H3/t15-,19+. The zero-order valence-electron chi connectivity index (χ0n) is 13.8. The molecule has 0 spiro atoms. The molecule has 1 N–H and O–H groups in total. The minimum Gasteiger partial charge on any atom is -0.493 e. The zero-order valence-corrected chi connectivity index (χ0v) is 13.8. The number of hydrogen-bond acceptors (Lipinski definition) is 4. The van der Waals surface area contributed by atoms with E-state index in [-0.39, 0.29) is 12.2 Å². The highest BCUT2D eigenvalue weighted by molar-refractivity contribution is 5.47. The highest BCUT2D eigenvalue weighted by atomic mass is 16.5. The third kappa shape index (κ3) is 3.30. The Kier molecular flexibility index (Phi) is 4.77. The van der Waals surface area contributed by atoms with Crippen molar-refractivity contribution in [2.45, 2.75) is 69.0 Å². The molecule has 0 aromatic heterocycles. The molecular formula is C19H25NO3. The lowest BCUT2D eigenvalue weighted by molar-refractivity contribution is 0.109. The van der Waals surface area contributed by atoms with Gasteiger partial charge in [0.1, 0.15) is 0 Å². The van der Waals surface area contributed by atoms with Gasteiger partial charge in [0, 0.05) is 0 Å². The number of aliphatic hydroxyl groups is 1. The second-order valence-corrected chi connectivity index (χ2v) is 6.82. The molecule has 3 rings (SSSR count). The molecule has 0 atom stereocenters. The fourth-order valence-corrected chi connectivity index (χ4v) is 3.81. The number of nitriles is 1. The summed E-state index contributed by atoms with van der Waals surface area (Å²) >= 11 is 0. The predicted molar refractivity (Wildman–Crippen MR) is 87.6 cm³/mol. The number of aliphatic hydroxyl groups excluding tert-OH is 1. The molecule has 0 amide bonds. The van der Waals surface area contributed by atoms with Gasteiger partial charge in [-0.05, 0) is 69.1 Å². The Morgan fingerprint density at radius 1 is 1.13 bits per heavy atom. The fourth-order valence-electron chi connectivity index (χ4n) is 3.81. The topological polar surface area (TPSA) is 62.5 Å². The van der Waals surface area contributed by atoms with Crippen LogP contribution >= 0.6 is 0 Å². The number of benzene rings is 1. The fraction of sp³-hybridized carbons (Fsp3) is 0.632. The van der Waals surface area contributed by atoms with Crippen LogP contribution in [0.25, 0.3) is 0 Å². The molecule has 2 aliphatic rings. The third-order valence-electron chi connectivity index (χ3n) is 5.33. The smallest absolute Gasteiger partial charge is 0.161 e. The van der Waals surface area contributed by atoms with E-state index in [0.29, 0.717) is 25.7 Å². The van der Waals surface area contributed by atoms with Gasteiger partial charge in [0.15, 0.2) is 11.5 Å². The Morgan fingerprint density at radius 2 is 1.83 bits per heavy atom. The molecule has 0 heterocycles. The van der Waals surface area contributed by atoms with E-state index in [1.165, 1.54) is 12.8 Å². The molecule has 2 saturated carbocycles. The molecule has 1 aromatic carbocycles. The molecule has 0 aliphatic heterocycles. The van der Waals surface area contributed by atoms with Crippen LogP contribution in [0, 0.1) is 11.3 Å². The van der Waals surface area contributed by atoms with Crippen molar-refractivity contribution in [3.05, 3.63) is 23.8 Å². The lowest BCUT2D eigenvalue weighted by Crippen LogP contribution is -2.32. The van der Waals surface area contributed by atoms with Crippen LogP contribution in [0.1, 0.15) is 56.9 Å². The quantitative estimate of drug-likeness (QED) is 0.920. The van der Waals surface area contributed by atoms with Crippen molar-refractivity contribution in [3.8, 4) is 17.6 Å². The van der Waals surface area contributed by atoms with E-state index in [0.717, 1.165) is 29.9 Å². The largest absolute Gasteiger partial charge is 0.493 e. The van der Waals surface area contributed by atoms with Crippen LogP contribution in [-0.4, -0.2) is 24.4 Å². The van der Waals surface area contributed by atoms with Crippen LogP contribution < -0.4 is 9.47 Å². The summed E-state index contributed by atoms with van der Waals surface area (Å²) in [6.45, 7) is 0. The summed E-state index contributed by atoms with van der Waals surface area (Å²) < 4.78 is 11.6. The second-order valence-electron chi connectivity index (χ2n) is 6.82. The summed E-state index contributed by atoms with van der Waals surface area (Å²) in [6, 6.07) is 8.37. The SMILES string of the molecule is COc1ccc([C@]2(C#N)CC[C@H](O)CC2)cc1OC1CCCC1. The van der Waals surface area contributed by atoms with Crippen molar-refractivity contribution < 1.29 is 14.6 Å². The Bertz CT molecular complexity index is 579. The van der Waals surface area contributed by atoms with Gasteiger partial charge in [0.05, 0.1) is 30.8 Å². The maximum absolute atomic E-state index is 9.78. The summed E-state index contributed by atoms with van der Waals surface area (Å²) in [6.07, 6.45) is 7.33. The van der Waals surface area contributed by atoms with E-state index in [2.05, 4.69) is 6.07 Å². The van der Waals surface area contributed by atoms with Crippen molar-refractivity contribution in [1.82, 2.24) is 0 Å². The van der Waals surface area contributed by atoms with Gasteiger partial charge in [-0.1, -0.05) is 6.07 Å². The molecule has 1 aromatic rings. The van der Waals surface area contributed by atoms with Crippen molar-refractivity contribution in [1.29, 1.82) is 5.26 Å². The second kappa shape index (κ2) is 6.80. The first kappa shape index (κ1) is 16.1. The first-order chi connectivity index (χ1) is 11.2. The molecule has 2 aliphatic carbocycles. The molecular weight excluding hydrogens is 290 g/mol. The van der Waals surface area contributed by atoms with Crippen LogP contribution in [0.2, 0.25) is 0 Å². The first-order valence-electron chi connectivity index (χ1n) is 8.61. The van der Waals surface area contributed by atoms with Crippen molar-refractivity contribution in [2.24, 2.45) is 0 Å². The van der Waals surface area contributed by atoms with Crippen LogP contribution in [0.5, 0.6) is 11.5 Å². The van der Waals surface area contributed by atoms with Crippen LogP contribution in [0.4, 0.5) is 0 Å². The average molecular weight is 315 g/mol. The molecule has 124 valence electrons. The van der Waals surface area contributed by atoms with Gasteiger partial charge in [-0.3, -0.25) is 0 Å². The van der Waals surface area contributed by atoms with E-state index >= 15 is 0 Å². The number of nitrogens with zero attached hydrogens (tertiary/aromatic N) is 1. The number of ether oxygens (including phenoxy) is 2. The summed E-state index contributed by atoms with van der Waals surface area (Å²) in [5.74, 6) is 1.47. The minimum absolute atomic E-state index is 0.255. The predicted octanol–water partition coefficient (Wildman–Crippen LogP) is 3.71. The number of methoxy groups -OCH3 is 1. The third-order valence-corrected chi connectivity index (χ3v) is 5.33. The molecule has 4 nitrogen and oxygen atoms in total. The maximum Gasteiger partial charge on any atom is 0.161 e. The lowest BCUT2D eigenvalue weighted by atomic mass is 9.70. The van der Waals surface area contributed by atoms with Crippen LogP contribution in [-0.2, 0) is 5.41 Å². The summed E-state index contributed by atoms with van der Waals surface area (Å²) in [5, 5.41) is 19.5. The van der Waals surface area contributed by atoms with E-state index in [1.807, 2.05) is 18.2 Å². The maximum atomic E-state index is 9.78. The van der Waals surface area contributed by atoms with Crippen molar-refractivity contribution in [2.75, 3.05) is 7.11 Å². The summed E-state index contributed by atoms with van der Waals surface area (Å²) in [4.78, 5) is 0. The summed E-state index contributed by atoms with van der Waals surface area (Å²) in [5.41, 5.74) is 0.472. The highest BCUT2D eigenvalue weighted by Crippen LogP contribution is 2.42. The van der Waals surface area contributed by atoms with Gasteiger partial charge in [0.2, 0.25) is 0 Å². The minimum atomic E-state index is -0.515. The Balaban J connectivity index is 1.88. The first-order valence-corrected chi connectivity index (χ1v) is 8.61. The average Bonchev–Trinajstić information content (AvgIpc) is 3.09. The van der Waals surface area contributed by atoms with Crippen LogP contribution in [0.3, 0.4) is 0 Å². The lowest BCUT2D eigenvalue weighted by Gasteiger charge is -2.34. The normalized spacial score (nSPS) is 28.3. The van der Waals surface area contributed by atoms with Crippen LogP contribution in [0.15, 0.2) is 18.2 Å². The zero-order chi connectivity index (χ0) is 16.3. The van der Waals surface area contributed by atoms with E-state index in [4.69, 9.17) is 9.47 Å². The molecule has 23 heavy (non-hydrogen) atoms. The van der Waals surface area contributed by atoms with Crippen molar-refractivity contribution in [3.63, 3.8) is 0 Å². The van der Waals surface area contributed by atoms with Crippen molar-refractivity contribution >= 4 is 0 Å². The Hall–Kier alpha value is -1.73. The van der Waals surface area contributed by atoms with Gasteiger partial charge in [-0.2, -0.15) is 5.26 Å². The van der Waals surface area contributed by atoms with Gasteiger partial charge < -0.3 is 14.6 Å². The summed E-state index contributed by atoms with van der Waals surface area (Å²) in [7, 11) is 1.65. The molecule has 0 bridgehead atoms. The number of rotatable bonds is 4. The number of hydrogen-bond donors (Lipinski definition) is 1. The van der Waals surface area contributed by atoms with E-state index < -0.39 is 5.41 Å². The van der Waals surface area contributed by atoms with Gasteiger partial charge in [-0.25, -0.2) is 0 Å².